The molecule has 2 aromatic rings. The van der Waals surface area contributed by atoms with Crippen LogP contribution in [0.5, 0.6) is 0 Å². The Balaban J connectivity index is 1.80. The number of rotatable bonds is 5. The van der Waals surface area contributed by atoms with Crippen molar-refractivity contribution in [3.63, 3.8) is 0 Å². The molecule has 1 aliphatic rings. The molecular weight excluding hydrogens is 300 g/mol. The summed E-state index contributed by atoms with van der Waals surface area (Å²) in [7, 11) is 2.17. The van der Waals surface area contributed by atoms with Crippen molar-refractivity contribution >= 4 is 11.3 Å². The van der Waals surface area contributed by atoms with Crippen LogP contribution in [-0.2, 0) is 0 Å². The zero-order chi connectivity index (χ0) is 17.3. The number of likely N-dealkylation sites (tertiary alicyclic amines) is 1. The molecule has 0 radical (unpaired) electrons. The summed E-state index contributed by atoms with van der Waals surface area (Å²) < 4.78 is 1.81. The van der Waals surface area contributed by atoms with Crippen molar-refractivity contribution in [3.8, 4) is 0 Å². The number of nitrogens with zero attached hydrogens (tertiary/aromatic N) is 6. The molecule has 1 aliphatic heterocycles. The molecule has 1 unspecified atom stereocenters. The maximum absolute atomic E-state index is 4.62. The number of anilines is 1. The summed E-state index contributed by atoms with van der Waals surface area (Å²) in [6, 6.07) is 2.81. The second-order valence-electron chi connectivity index (χ2n) is 7.69. The Labute approximate surface area is 144 Å². The maximum atomic E-state index is 4.62. The van der Waals surface area contributed by atoms with Crippen LogP contribution in [0.3, 0.4) is 0 Å². The van der Waals surface area contributed by atoms with Gasteiger partial charge in [0.2, 0.25) is 5.65 Å². The Bertz CT molecular complexity index is 677. The molecule has 0 N–H and O–H groups in total. The van der Waals surface area contributed by atoms with E-state index in [1.165, 1.54) is 25.9 Å². The van der Waals surface area contributed by atoms with E-state index in [4.69, 9.17) is 0 Å². The normalized spacial score (nSPS) is 19.5. The Hall–Kier alpha value is -1.69. The van der Waals surface area contributed by atoms with Crippen LogP contribution in [0.25, 0.3) is 5.65 Å². The van der Waals surface area contributed by atoms with Crippen molar-refractivity contribution in [2.45, 2.75) is 52.5 Å². The van der Waals surface area contributed by atoms with Gasteiger partial charge in [0.25, 0.3) is 0 Å². The van der Waals surface area contributed by atoms with Crippen molar-refractivity contribution < 1.29 is 0 Å². The van der Waals surface area contributed by atoms with E-state index in [1.807, 2.05) is 4.52 Å². The molecule has 0 aromatic carbocycles. The summed E-state index contributed by atoms with van der Waals surface area (Å²) in [4.78, 5) is 4.94. The third-order valence-electron chi connectivity index (χ3n) is 5.08. The van der Waals surface area contributed by atoms with E-state index in [2.05, 4.69) is 65.9 Å². The number of aromatic nitrogens is 4. The Morgan fingerprint density at radius 2 is 2.08 bits per heavy atom. The van der Waals surface area contributed by atoms with Crippen molar-refractivity contribution in [2.75, 3.05) is 31.6 Å². The van der Waals surface area contributed by atoms with Gasteiger partial charge < -0.3 is 9.80 Å². The molecule has 2 aromatic heterocycles. The van der Waals surface area contributed by atoms with Crippen molar-refractivity contribution in [2.24, 2.45) is 5.92 Å². The van der Waals surface area contributed by atoms with Crippen molar-refractivity contribution in [1.82, 2.24) is 24.7 Å². The first kappa shape index (κ1) is 17.1. The van der Waals surface area contributed by atoms with E-state index in [1.54, 1.807) is 6.33 Å². The predicted octanol–water partition coefficient (Wildman–Crippen LogP) is 2.80. The fourth-order valence-electron chi connectivity index (χ4n) is 3.59. The number of hydrogen-bond acceptors (Lipinski definition) is 5. The highest BCUT2D eigenvalue weighted by Gasteiger charge is 2.24. The first-order valence-electron chi connectivity index (χ1n) is 9.12. The molecule has 1 saturated heterocycles. The van der Waals surface area contributed by atoms with Gasteiger partial charge in [-0.05, 0) is 51.1 Å². The average Bonchev–Trinajstić information content (AvgIpc) is 3.02. The summed E-state index contributed by atoms with van der Waals surface area (Å²) in [6.07, 6.45) is 4.29. The van der Waals surface area contributed by atoms with E-state index in [0.717, 1.165) is 23.6 Å². The fourth-order valence-corrected chi connectivity index (χ4v) is 3.59. The number of piperidine rings is 1. The Kier molecular flexibility index (Phi) is 5.04. The van der Waals surface area contributed by atoms with Crippen LogP contribution >= 0.6 is 0 Å². The molecule has 0 amide bonds. The highest BCUT2D eigenvalue weighted by atomic mass is 15.4. The van der Waals surface area contributed by atoms with Crippen LogP contribution in [-0.4, -0.2) is 57.4 Å². The lowest BCUT2D eigenvalue weighted by atomic mass is 9.96. The van der Waals surface area contributed by atoms with E-state index < -0.39 is 0 Å². The zero-order valence-corrected chi connectivity index (χ0v) is 15.6. The fraction of sp³-hybridized carbons (Fsp3) is 0.722. The SMILES string of the molecule is CC(C)c1cc(N(C)CC2CCCN(C(C)C)C2)c2nncn2n1. The summed E-state index contributed by atoms with van der Waals surface area (Å²) in [6.45, 7) is 12.4. The van der Waals surface area contributed by atoms with Crippen LogP contribution in [0.2, 0.25) is 0 Å². The van der Waals surface area contributed by atoms with Crippen LogP contribution < -0.4 is 4.90 Å². The van der Waals surface area contributed by atoms with Gasteiger partial charge in [0.05, 0.1) is 11.4 Å². The third-order valence-corrected chi connectivity index (χ3v) is 5.08. The molecule has 0 bridgehead atoms. The lowest BCUT2D eigenvalue weighted by Gasteiger charge is -2.37. The van der Waals surface area contributed by atoms with Gasteiger partial charge in [-0.25, -0.2) is 0 Å². The van der Waals surface area contributed by atoms with Gasteiger partial charge in [-0.2, -0.15) is 9.61 Å². The number of fused-ring (bicyclic) bond motifs is 1. The van der Waals surface area contributed by atoms with Crippen LogP contribution in [0.15, 0.2) is 12.4 Å². The zero-order valence-electron chi connectivity index (χ0n) is 15.6. The molecule has 1 fully saturated rings. The van der Waals surface area contributed by atoms with Gasteiger partial charge in [0.1, 0.15) is 6.33 Å². The van der Waals surface area contributed by atoms with Crippen molar-refractivity contribution in [3.05, 3.63) is 18.1 Å². The van der Waals surface area contributed by atoms with E-state index >= 15 is 0 Å². The van der Waals surface area contributed by atoms with Gasteiger partial charge in [0.15, 0.2) is 0 Å². The average molecular weight is 330 g/mol. The highest BCUT2D eigenvalue weighted by molar-refractivity contribution is 5.68. The minimum Gasteiger partial charge on any atom is -0.371 e. The Morgan fingerprint density at radius 3 is 2.79 bits per heavy atom. The largest absolute Gasteiger partial charge is 0.371 e. The summed E-state index contributed by atoms with van der Waals surface area (Å²) in [5.41, 5.74) is 3.06. The van der Waals surface area contributed by atoms with E-state index in [0.29, 0.717) is 17.9 Å². The van der Waals surface area contributed by atoms with Crippen LogP contribution in [0.1, 0.15) is 52.1 Å². The van der Waals surface area contributed by atoms with Crippen molar-refractivity contribution in [1.29, 1.82) is 0 Å². The topological polar surface area (TPSA) is 49.6 Å². The summed E-state index contributed by atoms with van der Waals surface area (Å²) in [5.74, 6) is 1.08. The molecule has 6 heteroatoms. The van der Waals surface area contributed by atoms with Gasteiger partial charge in [-0.15, -0.1) is 10.2 Å². The predicted molar refractivity (Wildman–Crippen MR) is 97.6 cm³/mol. The lowest BCUT2D eigenvalue weighted by molar-refractivity contribution is 0.142. The van der Waals surface area contributed by atoms with E-state index in [9.17, 15) is 0 Å². The monoisotopic (exact) mass is 330 g/mol. The number of hydrogen-bond donors (Lipinski definition) is 0. The molecule has 6 nitrogen and oxygen atoms in total. The van der Waals surface area contributed by atoms with Gasteiger partial charge >= 0.3 is 0 Å². The minimum atomic E-state index is 0.384. The summed E-state index contributed by atoms with van der Waals surface area (Å²) >= 11 is 0. The first-order valence-corrected chi connectivity index (χ1v) is 9.12. The third kappa shape index (κ3) is 3.53. The molecule has 3 heterocycles. The van der Waals surface area contributed by atoms with E-state index in [-0.39, 0.29) is 0 Å². The van der Waals surface area contributed by atoms with Gasteiger partial charge in [-0.1, -0.05) is 13.8 Å². The molecular formula is C18H30N6. The van der Waals surface area contributed by atoms with Crippen LogP contribution in [0.4, 0.5) is 5.69 Å². The van der Waals surface area contributed by atoms with Crippen LogP contribution in [0, 0.1) is 5.92 Å². The van der Waals surface area contributed by atoms with Gasteiger partial charge in [-0.3, -0.25) is 0 Å². The molecule has 24 heavy (non-hydrogen) atoms. The molecule has 0 aliphatic carbocycles. The molecule has 3 rings (SSSR count). The lowest BCUT2D eigenvalue weighted by Crippen LogP contribution is -2.43. The maximum Gasteiger partial charge on any atom is 0.200 e. The highest BCUT2D eigenvalue weighted by Crippen LogP contribution is 2.26. The minimum absolute atomic E-state index is 0.384. The quantitative estimate of drug-likeness (QED) is 0.844. The first-order chi connectivity index (χ1) is 11.5. The second-order valence-corrected chi connectivity index (χ2v) is 7.69. The smallest absolute Gasteiger partial charge is 0.200 e. The standard InChI is InChI=1S/C18H30N6/c1-13(2)16-9-17(18-20-19-12-24(18)21-16)22(5)10-15-7-6-8-23(11-15)14(3)4/h9,12-15H,6-8,10-11H2,1-5H3. The Morgan fingerprint density at radius 1 is 1.29 bits per heavy atom. The molecule has 1 atom stereocenters. The summed E-state index contributed by atoms with van der Waals surface area (Å²) in [5, 5.41) is 12.9. The second kappa shape index (κ2) is 7.05. The molecule has 0 spiro atoms. The molecule has 0 saturated carbocycles. The molecule has 132 valence electrons. The van der Waals surface area contributed by atoms with Gasteiger partial charge in [0, 0.05) is 26.2 Å².